The summed E-state index contributed by atoms with van der Waals surface area (Å²) in [6.45, 7) is 0.412. The lowest BCUT2D eigenvalue weighted by molar-refractivity contribution is -0.0275. The van der Waals surface area contributed by atoms with Crippen LogP contribution in [0.4, 0.5) is 4.79 Å². The largest absolute Gasteiger partial charge is 0.445 e. The molecule has 3 unspecified atom stereocenters. The van der Waals surface area contributed by atoms with Crippen molar-refractivity contribution in [1.29, 1.82) is 0 Å². The Morgan fingerprint density at radius 3 is 2.85 bits per heavy atom. The molecule has 20 heavy (non-hydrogen) atoms. The zero-order chi connectivity index (χ0) is 14.0. The number of carbonyl (C=O) groups is 1. The summed E-state index contributed by atoms with van der Waals surface area (Å²) in [5.74, 6) is 0. The van der Waals surface area contributed by atoms with E-state index in [-0.39, 0.29) is 25.4 Å². The molecule has 5 heteroatoms. The SMILES string of the molecule is O=C(NCC1(O)CC2CCC1O2)OCc1ccccc1. The highest BCUT2D eigenvalue weighted by atomic mass is 16.6. The van der Waals surface area contributed by atoms with Gasteiger partial charge >= 0.3 is 6.09 Å². The smallest absolute Gasteiger partial charge is 0.407 e. The number of amides is 1. The highest BCUT2D eigenvalue weighted by molar-refractivity contribution is 5.67. The second-order valence-electron chi connectivity index (χ2n) is 5.55. The maximum atomic E-state index is 11.6. The Kier molecular flexibility index (Phi) is 3.63. The Balaban J connectivity index is 1.43. The third kappa shape index (κ3) is 2.78. The van der Waals surface area contributed by atoms with Gasteiger partial charge in [0, 0.05) is 6.42 Å². The van der Waals surface area contributed by atoms with Gasteiger partial charge in [0.2, 0.25) is 0 Å². The van der Waals surface area contributed by atoms with E-state index in [1.807, 2.05) is 30.3 Å². The van der Waals surface area contributed by atoms with Crippen LogP contribution < -0.4 is 5.32 Å². The molecule has 0 saturated carbocycles. The van der Waals surface area contributed by atoms with Crippen LogP contribution in [-0.4, -0.2) is 35.6 Å². The number of rotatable bonds is 4. The number of benzene rings is 1. The molecular formula is C15H19NO4. The van der Waals surface area contributed by atoms with Crippen molar-refractivity contribution in [2.45, 2.75) is 43.7 Å². The minimum Gasteiger partial charge on any atom is -0.445 e. The molecule has 0 aromatic heterocycles. The topological polar surface area (TPSA) is 67.8 Å². The molecule has 2 aliphatic heterocycles. The lowest BCUT2D eigenvalue weighted by Crippen LogP contribution is -2.49. The van der Waals surface area contributed by atoms with Gasteiger partial charge in [-0.1, -0.05) is 30.3 Å². The van der Waals surface area contributed by atoms with Gasteiger partial charge in [0.05, 0.1) is 18.8 Å². The normalized spacial score (nSPS) is 31.2. The fourth-order valence-electron chi connectivity index (χ4n) is 2.96. The van der Waals surface area contributed by atoms with Gasteiger partial charge in [0.25, 0.3) is 0 Å². The summed E-state index contributed by atoms with van der Waals surface area (Å²) in [6, 6.07) is 9.49. The fraction of sp³-hybridized carbons (Fsp3) is 0.533. The number of alkyl carbamates (subject to hydrolysis) is 1. The summed E-state index contributed by atoms with van der Waals surface area (Å²) >= 11 is 0. The van der Waals surface area contributed by atoms with E-state index in [0.717, 1.165) is 18.4 Å². The maximum absolute atomic E-state index is 11.6. The average Bonchev–Trinajstić information content (AvgIpc) is 3.04. The van der Waals surface area contributed by atoms with Crippen LogP contribution in [0.15, 0.2) is 30.3 Å². The van der Waals surface area contributed by atoms with Gasteiger partial charge in [0.15, 0.2) is 0 Å². The molecular weight excluding hydrogens is 258 g/mol. The number of carbonyl (C=O) groups excluding carboxylic acids is 1. The number of fused-ring (bicyclic) bond motifs is 2. The zero-order valence-electron chi connectivity index (χ0n) is 11.2. The Bertz CT molecular complexity index is 478. The third-order valence-electron chi connectivity index (χ3n) is 4.04. The Morgan fingerprint density at radius 1 is 1.40 bits per heavy atom. The van der Waals surface area contributed by atoms with Crippen molar-refractivity contribution in [1.82, 2.24) is 5.32 Å². The van der Waals surface area contributed by atoms with E-state index in [9.17, 15) is 9.90 Å². The first-order valence-corrected chi connectivity index (χ1v) is 6.98. The van der Waals surface area contributed by atoms with Gasteiger partial charge in [-0.25, -0.2) is 4.79 Å². The summed E-state index contributed by atoms with van der Waals surface area (Å²) in [6.07, 6.45) is 1.95. The average molecular weight is 277 g/mol. The van der Waals surface area contributed by atoms with Crippen molar-refractivity contribution < 1.29 is 19.4 Å². The van der Waals surface area contributed by atoms with E-state index in [2.05, 4.69) is 5.32 Å². The third-order valence-corrected chi connectivity index (χ3v) is 4.04. The second kappa shape index (κ2) is 5.42. The van der Waals surface area contributed by atoms with E-state index in [1.165, 1.54) is 0 Å². The number of aliphatic hydroxyl groups is 1. The van der Waals surface area contributed by atoms with Gasteiger partial charge in [-0.15, -0.1) is 0 Å². The molecule has 2 heterocycles. The molecule has 0 aliphatic carbocycles. The molecule has 2 fully saturated rings. The van der Waals surface area contributed by atoms with Crippen LogP contribution in [0.25, 0.3) is 0 Å². The first kappa shape index (κ1) is 13.4. The van der Waals surface area contributed by atoms with Crippen LogP contribution >= 0.6 is 0 Å². The van der Waals surface area contributed by atoms with Crippen LogP contribution in [0.2, 0.25) is 0 Å². The van der Waals surface area contributed by atoms with Crippen LogP contribution in [0.5, 0.6) is 0 Å². The zero-order valence-corrected chi connectivity index (χ0v) is 11.2. The van der Waals surface area contributed by atoms with Crippen molar-refractivity contribution in [3.05, 3.63) is 35.9 Å². The van der Waals surface area contributed by atoms with Crippen molar-refractivity contribution in [3.8, 4) is 0 Å². The molecule has 2 aliphatic rings. The van der Waals surface area contributed by atoms with E-state index in [4.69, 9.17) is 9.47 Å². The number of hydrogen-bond acceptors (Lipinski definition) is 4. The Labute approximate surface area is 117 Å². The highest BCUT2D eigenvalue weighted by Gasteiger charge is 2.51. The van der Waals surface area contributed by atoms with Crippen LogP contribution in [0, 0.1) is 0 Å². The van der Waals surface area contributed by atoms with E-state index in [1.54, 1.807) is 0 Å². The van der Waals surface area contributed by atoms with E-state index < -0.39 is 11.7 Å². The molecule has 1 aromatic carbocycles. The first-order valence-electron chi connectivity index (χ1n) is 6.98. The van der Waals surface area contributed by atoms with Crippen LogP contribution in [-0.2, 0) is 16.1 Å². The number of nitrogens with one attached hydrogen (secondary N) is 1. The molecule has 2 saturated heterocycles. The summed E-state index contributed by atoms with van der Waals surface area (Å²) < 4.78 is 10.7. The lowest BCUT2D eigenvalue weighted by atomic mass is 9.85. The summed E-state index contributed by atoms with van der Waals surface area (Å²) in [7, 11) is 0. The number of hydrogen-bond donors (Lipinski definition) is 2. The fourth-order valence-corrected chi connectivity index (χ4v) is 2.96. The molecule has 2 bridgehead atoms. The second-order valence-corrected chi connectivity index (χ2v) is 5.55. The molecule has 2 N–H and O–H groups in total. The predicted octanol–water partition coefficient (Wildman–Crippen LogP) is 1.60. The molecule has 108 valence electrons. The van der Waals surface area contributed by atoms with Crippen LogP contribution in [0.3, 0.4) is 0 Å². The molecule has 3 rings (SSSR count). The van der Waals surface area contributed by atoms with Crippen molar-refractivity contribution >= 4 is 6.09 Å². The van der Waals surface area contributed by atoms with E-state index in [0.29, 0.717) is 6.42 Å². The van der Waals surface area contributed by atoms with Gasteiger partial charge in [-0.3, -0.25) is 0 Å². The summed E-state index contributed by atoms with van der Waals surface area (Å²) in [4.78, 5) is 11.6. The van der Waals surface area contributed by atoms with Crippen molar-refractivity contribution in [2.24, 2.45) is 0 Å². The minimum absolute atomic E-state index is 0.145. The Hall–Kier alpha value is -1.59. The first-order chi connectivity index (χ1) is 9.66. The number of ether oxygens (including phenoxy) is 2. The summed E-state index contributed by atoms with van der Waals surface area (Å²) in [5, 5.41) is 13.0. The van der Waals surface area contributed by atoms with Gasteiger partial charge in [0.1, 0.15) is 12.2 Å². The highest BCUT2D eigenvalue weighted by Crippen LogP contribution is 2.41. The van der Waals surface area contributed by atoms with Crippen LogP contribution in [0.1, 0.15) is 24.8 Å². The predicted molar refractivity (Wildman–Crippen MR) is 72.1 cm³/mol. The molecule has 3 atom stereocenters. The molecule has 1 aromatic rings. The standard InChI is InChI=1S/C15H19NO4/c17-14(19-9-11-4-2-1-3-5-11)16-10-15(18)8-12-6-7-13(15)20-12/h1-5,12-13,18H,6-10H2,(H,16,17). The monoisotopic (exact) mass is 277 g/mol. The van der Waals surface area contributed by atoms with Crippen molar-refractivity contribution in [3.63, 3.8) is 0 Å². The van der Waals surface area contributed by atoms with Gasteiger partial charge < -0.3 is 19.9 Å². The molecule has 0 radical (unpaired) electrons. The lowest BCUT2D eigenvalue weighted by Gasteiger charge is -2.29. The van der Waals surface area contributed by atoms with Crippen molar-refractivity contribution in [2.75, 3.05) is 6.54 Å². The van der Waals surface area contributed by atoms with Gasteiger partial charge in [-0.2, -0.15) is 0 Å². The minimum atomic E-state index is -0.936. The molecule has 5 nitrogen and oxygen atoms in total. The quantitative estimate of drug-likeness (QED) is 0.877. The molecule has 1 amide bonds. The molecule has 0 spiro atoms. The maximum Gasteiger partial charge on any atom is 0.407 e. The van der Waals surface area contributed by atoms with E-state index >= 15 is 0 Å². The van der Waals surface area contributed by atoms with Gasteiger partial charge in [-0.05, 0) is 18.4 Å². The summed E-state index contributed by atoms with van der Waals surface area (Å²) in [5.41, 5.74) is -0.000998. The Morgan fingerprint density at radius 2 is 2.20 bits per heavy atom.